The molecule has 0 aliphatic carbocycles. The molecule has 0 aliphatic heterocycles. The van der Waals surface area contributed by atoms with Gasteiger partial charge in [0.25, 0.3) is 5.91 Å². The van der Waals surface area contributed by atoms with E-state index in [9.17, 15) is 14.0 Å². The topological polar surface area (TPSA) is 76.0 Å². The molecule has 0 unspecified atom stereocenters. The number of halogens is 1. The fourth-order valence-electron chi connectivity index (χ4n) is 2.82. The highest BCUT2D eigenvalue weighted by Gasteiger charge is 2.23. The first-order chi connectivity index (χ1) is 13.1. The van der Waals surface area contributed by atoms with Crippen molar-refractivity contribution in [3.63, 3.8) is 0 Å². The Morgan fingerprint density at radius 1 is 1.14 bits per heavy atom. The van der Waals surface area contributed by atoms with Gasteiger partial charge in [-0.25, -0.2) is 4.39 Å². The number of carbonyl (C=O) groups excluding carboxylic acids is 2. The minimum Gasteiger partial charge on any atom is -0.354 e. The third kappa shape index (κ3) is 5.90. The molecule has 0 saturated carbocycles. The van der Waals surface area contributed by atoms with Crippen molar-refractivity contribution in [1.29, 1.82) is 0 Å². The minimum atomic E-state index is -0.368. The zero-order chi connectivity index (χ0) is 20.9. The van der Waals surface area contributed by atoms with Gasteiger partial charge in [-0.1, -0.05) is 26.0 Å². The first-order valence-electron chi connectivity index (χ1n) is 9.47. The standard InChI is InChI=1S/C21H29FN4O2/c1-14(2)18-13-17(25-26(18)21(3,4)5)20(28)24-10-9-23-19(27)12-15-7-6-8-16(22)11-15/h6-8,11,13-14H,9-10,12H2,1-5H3,(H,23,27)(H,24,28). The van der Waals surface area contributed by atoms with E-state index in [0.717, 1.165) is 5.69 Å². The lowest BCUT2D eigenvalue weighted by Crippen LogP contribution is -2.35. The summed E-state index contributed by atoms with van der Waals surface area (Å²) in [5.74, 6) is -0.619. The van der Waals surface area contributed by atoms with Crippen LogP contribution in [0.15, 0.2) is 30.3 Å². The Morgan fingerprint density at radius 2 is 1.82 bits per heavy atom. The lowest BCUT2D eigenvalue weighted by atomic mass is 10.1. The molecule has 0 radical (unpaired) electrons. The molecular formula is C21H29FN4O2. The minimum absolute atomic E-state index is 0.0967. The number of amides is 2. The summed E-state index contributed by atoms with van der Waals surface area (Å²) >= 11 is 0. The average Bonchev–Trinajstić information content (AvgIpc) is 3.05. The number of benzene rings is 1. The number of rotatable bonds is 7. The van der Waals surface area contributed by atoms with Crippen LogP contribution in [0.4, 0.5) is 4.39 Å². The smallest absolute Gasteiger partial charge is 0.271 e. The second kappa shape index (κ2) is 8.99. The molecule has 6 nitrogen and oxygen atoms in total. The number of hydrogen-bond acceptors (Lipinski definition) is 3. The zero-order valence-corrected chi connectivity index (χ0v) is 17.2. The molecule has 2 N–H and O–H groups in total. The Labute approximate surface area is 165 Å². The van der Waals surface area contributed by atoms with Crippen LogP contribution in [0.3, 0.4) is 0 Å². The van der Waals surface area contributed by atoms with Gasteiger partial charge in [0, 0.05) is 18.8 Å². The number of nitrogens with zero attached hydrogens (tertiary/aromatic N) is 2. The number of carbonyl (C=O) groups is 2. The summed E-state index contributed by atoms with van der Waals surface area (Å²) in [6.07, 6.45) is 0.0967. The Morgan fingerprint density at radius 3 is 2.39 bits per heavy atom. The van der Waals surface area contributed by atoms with E-state index < -0.39 is 0 Å². The molecule has 0 saturated heterocycles. The van der Waals surface area contributed by atoms with Crippen LogP contribution in [0.5, 0.6) is 0 Å². The van der Waals surface area contributed by atoms with Gasteiger partial charge in [0.1, 0.15) is 11.5 Å². The second-order valence-corrected chi connectivity index (χ2v) is 8.10. The molecule has 2 amide bonds. The maximum absolute atomic E-state index is 13.1. The van der Waals surface area contributed by atoms with Crippen LogP contribution in [0.1, 0.15) is 62.3 Å². The third-order valence-corrected chi connectivity index (χ3v) is 4.18. The van der Waals surface area contributed by atoms with Gasteiger partial charge in [0.2, 0.25) is 5.91 Å². The van der Waals surface area contributed by atoms with Crippen LogP contribution in [-0.4, -0.2) is 34.7 Å². The fraction of sp³-hybridized carbons (Fsp3) is 0.476. The van der Waals surface area contributed by atoms with Crippen molar-refractivity contribution in [3.8, 4) is 0 Å². The molecule has 1 aromatic heterocycles. The van der Waals surface area contributed by atoms with Crippen molar-refractivity contribution in [1.82, 2.24) is 20.4 Å². The molecule has 0 atom stereocenters. The normalized spacial score (nSPS) is 11.5. The molecule has 152 valence electrons. The van der Waals surface area contributed by atoms with Gasteiger partial charge in [-0.2, -0.15) is 5.10 Å². The van der Waals surface area contributed by atoms with Gasteiger partial charge in [-0.05, 0) is 50.5 Å². The maximum atomic E-state index is 13.1. The lowest BCUT2D eigenvalue weighted by Gasteiger charge is -2.23. The zero-order valence-electron chi connectivity index (χ0n) is 17.2. The molecule has 1 heterocycles. The van der Waals surface area contributed by atoms with E-state index in [-0.39, 0.29) is 48.6 Å². The molecule has 0 fully saturated rings. The van der Waals surface area contributed by atoms with Gasteiger partial charge in [-0.15, -0.1) is 0 Å². The summed E-state index contributed by atoms with van der Waals surface area (Å²) in [5, 5.41) is 9.95. The van der Waals surface area contributed by atoms with Gasteiger partial charge in [0.15, 0.2) is 0 Å². The van der Waals surface area contributed by atoms with Crippen molar-refractivity contribution in [2.75, 3.05) is 13.1 Å². The van der Waals surface area contributed by atoms with Crippen molar-refractivity contribution >= 4 is 11.8 Å². The van der Waals surface area contributed by atoms with Crippen LogP contribution in [0, 0.1) is 5.82 Å². The summed E-state index contributed by atoms with van der Waals surface area (Å²) in [6.45, 7) is 10.8. The van der Waals surface area contributed by atoms with Crippen LogP contribution in [0.2, 0.25) is 0 Å². The molecule has 7 heteroatoms. The second-order valence-electron chi connectivity index (χ2n) is 8.10. The van der Waals surface area contributed by atoms with E-state index in [4.69, 9.17) is 0 Å². The molecule has 2 rings (SSSR count). The summed E-state index contributed by atoms with van der Waals surface area (Å²) < 4.78 is 15.0. The van der Waals surface area contributed by atoms with Crippen LogP contribution >= 0.6 is 0 Å². The quantitative estimate of drug-likeness (QED) is 0.716. The van der Waals surface area contributed by atoms with E-state index in [1.165, 1.54) is 12.1 Å². The molecule has 0 aliphatic rings. The predicted octanol–water partition coefficient (Wildman–Crippen LogP) is 2.99. The Bertz CT molecular complexity index is 837. The van der Waals surface area contributed by atoms with Gasteiger partial charge >= 0.3 is 0 Å². The van der Waals surface area contributed by atoms with Crippen LogP contribution < -0.4 is 10.6 Å². The molecule has 28 heavy (non-hydrogen) atoms. The summed E-state index contributed by atoms with van der Waals surface area (Å²) in [7, 11) is 0. The van der Waals surface area contributed by atoms with Crippen LogP contribution in [0.25, 0.3) is 0 Å². The van der Waals surface area contributed by atoms with Crippen LogP contribution in [-0.2, 0) is 16.8 Å². The Balaban J connectivity index is 1.85. The number of nitrogens with one attached hydrogen (secondary N) is 2. The summed E-state index contributed by atoms with van der Waals surface area (Å²) in [5.41, 5.74) is 1.75. The summed E-state index contributed by atoms with van der Waals surface area (Å²) in [6, 6.07) is 7.75. The number of aromatic nitrogens is 2. The van der Waals surface area contributed by atoms with Crippen molar-refractivity contribution in [2.45, 2.75) is 52.5 Å². The van der Waals surface area contributed by atoms with E-state index in [1.807, 2.05) is 31.5 Å². The molecular weight excluding hydrogens is 359 g/mol. The molecule has 0 spiro atoms. The van der Waals surface area contributed by atoms with Crippen molar-refractivity contribution < 1.29 is 14.0 Å². The number of hydrogen-bond donors (Lipinski definition) is 2. The molecule has 0 bridgehead atoms. The fourth-order valence-corrected chi connectivity index (χ4v) is 2.82. The van der Waals surface area contributed by atoms with E-state index in [0.29, 0.717) is 11.3 Å². The highest BCUT2D eigenvalue weighted by molar-refractivity contribution is 5.92. The Hall–Kier alpha value is -2.70. The van der Waals surface area contributed by atoms with E-state index in [2.05, 4.69) is 29.6 Å². The lowest BCUT2D eigenvalue weighted by molar-refractivity contribution is -0.120. The highest BCUT2D eigenvalue weighted by Crippen LogP contribution is 2.23. The van der Waals surface area contributed by atoms with Crippen molar-refractivity contribution in [2.24, 2.45) is 0 Å². The highest BCUT2D eigenvalue weighted by atomic mass is 19.1. The monoisotopic (exact) mass is 388 g/mol. The van der Waals surface area contributed by atoms with E-state index in [1.54, 1.807) is 12.1 Å². The SMILES string of the molecule is CC(C)c1cc(C(=O)NCCNC(=O)Cc2cccc(F)c2)nn1C(C)(C)C. The first kappa shape index (κ1) is 21.6. The largest absolute Gasteiger partial charge is 0.354 e. The van der Waals surface area contributed by atoms with Gasteiger partial charge < -0.3 is 10.6 Å². The molecule has 1 aromatic carbocycles. The Kier molecular flexibility index (Phi) is 6.94. The third-order valence-electron chi connectivity index (χ3n) is 4.18. The van der Waals surface area contributed by atoms with Gasteiger partial charge in [-0.3, -0.25) is 14.3 Å². The first-order valence-corrected chi connectivity index (χ1v) is 9.47. The van der Waals surface area contributed by atoms with Gasteiger partial charge in [0.05, 0.1) is 12.0 Å². The van der Waals surface area contributed by atoms with E-state index >= 15 is 0 Å². The maximum Gasteiger partial charge on any atom is 0.271 e. The average molecular weight is 388 g/mol. The van der Waals surface area contributed by atoms with Crippen molar-refractivity contribution in [3.05, 3.63) is 53.1 Å². The summed E-state index contributed by atoms with van der Waals surface area (Å²) in [4.78, 5) is 24.3. The molecule has 2 aromatic rings. The predicted molar refractivity (Wildman–Crippen MR) is 107 cm³/mol.